The van der Waals surface area contributed by atoms with Crippen LogP contribution in [-0.2, 0) is 11.2 Å². The van der Waals surface area contributed by atoms with E-state index >= 15 is 0 Å². The molecule has 15 heavy (non-hydrogen) atoms. The van der Waals surface area contributed by atoms with Gasteiger partial charge in [0.25, 0.3) is 5.91 Å². The lowest BCUT2D eigenvalue weighted by atomic mass is 9.97. The lowest BCUT2D eigenvalue weighted by Gasteiger charge is -2.27. The van der Waals surface area contributed by atoms with Crippen LogP contribution < -0.4 is 4.90 Å². The summed E-state index contributed by atoms with van der Waals surface area (Å²) in [6.45, 7) is 4.02. The van der Waals surface area contributed by atoms with E-state index in [-0.39, 0.29) is 11.4 Å². The molecule has 0 saturated heterocycles. The van der Waals surface area contributed by atoms with Crippen LogP contribution in [0.15, 0.2) is 35.9 Å². The summed E-state index contributed by atoms with van der Waals surface area (Å²) in [6.07, 6.45) is 3.03. The minimum atomic E-state index is -0.120. The van der Waals surface area contributed by atoms with E-state index in [2.05, 4.69) is 19.1 Å². The van der Waals surface area contributed by atoms with Gasteiger partial charge >= 0.3 is 0 Å². The van der Waals surface area contributed by atoms with Crippen LogP contribution in [0.25, 0.3) is 0 Å². The molecule has 1 amide bonds. The molecule has 0 fully saturated rings. The SMILES string of the molecule is CC1=CC2(C)Cc3ccccc3N2C1=O. The third-order valence-corrected chi connectivity index (χ3v) is 3.36. The maximum Gasteiger partial charge on any atom is 0.254 e. The zero-order chi connectivity index (χ0) is 10.6. The van der Waals surface area contributed by atoms with E-state index in [1.54, 1.807) is 0 Å². The third kappa shape index (κ3) is 0.965. The van der Waals surface area contributed by atoms with E-state index in [0.717, 1.165) is 17.7 Å². The Bertz CT molecular complexity index is 489. The molecule has 1 aromatic carbocycles. The molecule has 3 rings (SSSR count). The fourth-order valence-electron chi connectivity index (χ4n) is 2.78. The zero-order valence-electron chi connectivity index (χ0n) is 8.95. The van der Waals surface area contributed by atoms with Gasteiger partial charge in [0.2, 0.25) is 0 Å². The van der Waals surface area contributed by atoms with Gasteiger partial charge in [-0.2, -0.15) is 0 Å². The number of anilines is 1. The third-order valence-electron chi connectivity index (χ3n) is 3.36. The van der Waals surface area contributed by atoms with E-state index in [0.29, 0.717) is 0 Å². The molecule has 2 nitrogen and oxygen atoms in total. The number of para-hydroxylation sites is 1. The first kappa shape index (κ1) is 8.72. The molecule has 0 saturated carbocycles. The maximum atomic E-state index is 12.0. The van der Waals surface area contributed by atoms with Crippen molar-refractivity contribution < 1.29 is 4.79 Å². The predicted molar refractivity (Wildman–Crippen MR) is 59.8 cm³/mol. The highest BCUT2D eigenvalue weighted by molar-refractivity contribution is 6.11. The molecule has 0 bridgehead atoms. The van der Waals surface area contributed by atoms with Gasteiger partial charge in [0, 0.05) is 17.7 Å². The van der Waals surface area contributed by atoms with E-state index in [1.807, 2.05) is 30.0 Å². The fraction of sp³-hybridized carbons (Fsp3) is 0.308. The topological polar surface area (TPSA) is 20.3 Å². The Morgan fingerprint density at radius 1 is 1.33 bits per heavy atom. The van der Waals surface area contributed by atoms with Gasteiger partial charge in [-0.1, -0.05) is 24.3 Å². The number of hydrogen-bond donors (Lipinski definition) is 0. The minimum Gasteiger partial charge on any atom is -0.299 e. The zero-order valence-corrected chi connectivity index (χ0v) is 8.95. The van der Waals surface area contributed by atoms with Gasteiger partial charge in [-0.15, -0.1) is 0 Å². The van der Waals surface area contributed by atoms with Crippen molar-refractivity contribution in [3.8, 4) is 0 Å². The summed E-state index contributed by atoms with van der Waals surface area (Å²) < 4.78 is 0. The first-order chi connectivity index (χ1) is 7.12. The van der Waals surface area contributed by atoms with Crippen LogP contribution in [0, 0.1) is 0 Å². The number of benzene rings is 1. The summed E-state index contributed by atoms with van der Waals surface area (Å²) in [5.41, 5.74) is 3.10. The van der Waals surface area contributed by atoms with Crippen molar-refractivity contribution >= 4 is 11.6 Å². The van der Waals surface area contributed by atoms with Gasteiger partial charge in [-0.05, 0) is 25.5 Å². The first-order valence-corrected chi connectivity index (χ1v) is 5.24. The molecular formula is C13H13NO. The number of hydrogen-bond acceptors (Lipinski definition) is 1. The Labute approximate surface area is 89.2 Å². The summed E-state index contributed by atoms with van der Waals surface area (Å²) in [4.78, 5) is 13.9. The Hall–Kier alpha value is -1.57. The maximum absolute atomic E-state index is 12.0. The van der Waals surface area contributed by atoms with Gasteiger partial charge in [-0.25, -0.2) is 0 Å². The molecule has 2 aliphatic heterocycles. The minimum absolute atomic E-state index is 0.120. The summed E-state index contributed by atoms with van der Waals surface area (Å²) in [7, 11) is 0. The predicted octanol–water partition coefficient (Wildman–Crippen LogP) is 2.29. The molecule has 0 aromatic heterocycles. The fourth-order valence-corrected chi connectivity index (χ4v) is 2.78. The second-order valence-corrected chi connectivity index (χ2v) is 4.63. The summed E-state index contributed by atoms with van der Waals surface area (Å²) in [5.74, 6) is 0.155. The van der Waals surface area contributed by atoms with Crippen molar-refractivity contribution in [2.24, 2.45) is 0 Å². The van der Waals surface area contributed by atoms with E-state index in [1.165, 1.54) is 5.56 Å². The molecule has 2 heterocycles. The summed E-state index contributed by atoms with van der Waals surface area (Å²) in [6, 6.07) is 8.16. The Balaban J connectivity index is 2.20. The van der Waals surface area contributed by atoms with Crippen LogP contribution in [0.4, 0.5) is 5.69 Å². The van der Waals surface area contributed by atoms with Crippen molar-refractivity contribution in [2.75, 3.05) is 4.90 Å². The number of carbonyl (C=O) groups excluding carboxylic acids is 1. The van der Waals surface area contributed by atoms with Gasteiger partial charge in [0.05, 0.1) is 5.54 Å². The largest absolute Gasteiger partial charge is 0.299 e. The number of rotatable bonds is 0. The number of fused-ring (bicyclic) bond motifs is 3. The Morgan fingerprint density at radius 2 is 2.07 bits per heavy atom. The lowest BCUT2D eigenvalue weighted by molar-refractivity contribution is -0.115. The molecule has 1 atom stereocenters. The Kier molecular flexibility index (Phi) is 1.46. The van der Waals surface area contributed by atoms with Crippen molar-refractivity contribution in [1.82, 2.24) is 0 Å². The van der Waals surface area contributed by atoms with Crippen molar-refractivity contribution in [3.05, 3.63) is 41.5 Å². The summed E-state index contributed by atoms with van der Waals surface area (Å²) in [5, 5.41) is 0. The summed E-state index contributed by atoms with van der Waals surface area (Å²) >= 11 is 0. The van der Waals surface area contributed by atoms with Crippen LogP contribution in [0.3, 0.4) is 0 Å². The van der Waals surface area contributed by atoms with E-state index < -0.39 is 0 Å². The van der Waals surface area contributed by atoms with Crippen molar-refractivity contribution in [3.63, 3.8) is 0 Å². The molecular weight excluding hydrogens is 186 g/mol. The molecule has 2 heteroatoms. The molecule has 0 spiro atoms. The monoisotopic (exact) mass is 199 g/mol. The molecule has 0 radical (unpaired) electrons. The van der Waals surface area contributed by atoms with Crippen molar-refractivity contribution in [2.45, 2.75) is 25.8 Å². The smallest absolute Gasteiger partial charge is 0.254 e. The molecule has 1 aromatic rings. The highest BCUT2D eigenvalue weighted by Crippen LogP contribution is 2.44. The first-order valence-electron chi connectivity index (χ1n) is 5.24. The van der Waals surface area contributed by atoms with Gasteiger partial charge < -0.3 is 0 Å². The van der Waals surface area contributed by atoms with Crippen LogP contribution in [0.2, 0.25) is 0 Å². The lowest BCUT2D eigenvalue weighted by Crippen LogP contribution is -2.41. The standard InChI is InChI=1S/C13H13NO/c1-9-7-13(2)8-10-5-3-4-6-11(10)14(13)12(9)15/h3-7H,8H2,1-2H3. The average Bonchev–Trinajstić information content (AvgIpc) is 2.58. The van der Waals surface area contributed by atoms with E-state index in [9.17, 15) is 4.79 Å². The van der Waals surface area contributed by atoms with E-state index in [4.69, 9.17) is 0 Å². The highest BCUT2D eigenvalue weighted by atomic mass is 16.2. The Morgan fingerprint density at radius 3 is 2.87 bits per heavy atom. The van der Waals surface area contributed by atoms with Gasteiger partial charge in [0.15, 0.2) is 0 Å². The van der Waals surface area contributed by atoms with Crippen LogP contribution >= 0.6 is 0 Å². The second-order valence-electron chi connectivity index (χ2n) is 4.63. The number of nitrogens with zero attached hydrogens (tertiary/aromatic N) is 1. The van der Waals surface area contributed by atoms with Crippen molar-refractivity contribution in [1.29, 1.82) is 0 Å². The molecule has 0 aliphatic carbocycles. The van der Waals surface area contributed by atoms with Crippen LogP contribution in [-0.4, -0.2) is 11.4 Å². The molecule has 0 N–H and O–H groups in total. The second kappa shape index (κ2) is 2.51. The molecule has 2 aliphatic rings. The number of carbonyl (C=O) groups is 1. The highest BCUT2D eigenvalue weighted by Gasteiger charge is 2.46. The molecule has 76 valence electrons. The van der Waals surface area contributed by atoms with Gasteiger partial charge in [-0.3, -0.25) is 9.69 Å². The quantitative estimate of drug-likeness (QED) is 0.627. The van der Waals surface area contributed by atoms with Crippen LogP contribution in [0.1, 0.15) is 19.4 Å². The molecule has 1 unspecified atom stereocenters. The normalized spacial score (nSPS) is 27.7. The van der Waals surface area contributed by atoms with Crippen LogP contribution in [0.5, 0.6) is 0 Å². The average molecular weight is 199 g/mol. The van der Waals surface area contributed by atoms with Gasteiger partial charge in [0.1, 0.15) is 0 Å². The number of amides is 1.